The molecule has 2 aromatic rings. The Morgan fingerprint density at radius 2 is 2.06 bits per heavy atom. The minimum absolute atomic E-state index is 0.0869. The van der Waals surface area contributed by atoms with Crippen LogP contribution in [0, 0.1) is 0 Å². The molecule has 4 nitrogen and oxygen atoms in total. The largest absolute Gasteiger partial charge is 0.496 e. The second-order valence-corrected chi connectivity index (χ2v) is 3.95. The monoisotopic (exact) mass is 263 g/mol. The van der Waals surface area contributed by atoms with Crippen molar-refractivity contribution >= 4 is 17.6 Å². The number of carbonyl (C=O) groups is 1. The van der Waals surface area contributed by atoms with Gasteiger partial charge in [0.1, 0.15) is 10.9 Å². The van der Waals surface area contributed by atoms with Crippen molar-refractivity contribution < 1.29 is 14.6 Å². The molecule has 1 heterocycles. The molecule has 0 saturated heterocycles. The Morgan fingerprint density at radius 1 is 1.33 bits per heavy atom. The van der Waals surface area contributed by atoms with Gasteiger partial charge in [-0.1, -0.05) is 29.8 Å². The first kappa shape index (κ1) is 12.4. The summed E-state index contributed by atoms with van der Waals surface area (Å²) in [6.45, 7) is 0. The molecule has 0 unspecified atom stereocenters. The van der Waals surface area contributed by atoms with E-state index in [4.69, 9.17) is 21.4 Å². The number of carboxylic acid groups (broad SMARTS) is 1. The van der Waals surface area contributed by atoms with E-state index < -0.39 is 5.97 Å². The molecule has 5 heteroatoms. The Labute approximate surface area is 109 Å². The third-order valence-corrected chi connectivity index (χ3v) is 2.70. The van der Waals surface area contributed by atoms with E-state index in [1.807, 2.05) is 6.07 Å². The topological polar surface area (TPSA) is 59.4 Å². The first-order chi connectivity index (χ1) is 8.63. The van der Waals surface area contributed by atoms with Crippen LogP contribution in [0.3, 0.4) is 0 Å². The molecule has 2 rings (SSSR count). The van der Waals surface area contributed by atoms with Crippen molar-refractivity contribution in [3.63, 3.8) is 0 Å². The zero-order chi connectivity index (χ0) is 13.1. The van der Waals surface area contributed by atoms with Crippen LogP contribution in [-0.2, 0) is 0 Å². The van der Waals surface area contributed by atoms with E-state index in [1.54, 1.807) is 18.2 Å². The smallest absolute Gasteiger partial charge is 0.337 e. The summed E-state index contributed by atoms with van der Waals surface area (Å²) in [5.41, 5.74) is 1.24. The van der Waals surface area contributed by atoms with Crippen molar-refractivity contribution in [2.45, 2.75) is 0 Å². The molecule has 0 saturated carbocycles. The average Bonchev–Trinajstić information content (AvgIpc) is 2.38. The van der Waals surface area contributed by atoms with Gasteiger partial charge in [-0.15, -0.1) is 0 Å². The zero-order valence-electron chi connectivity index (χ0n) is 9.55. The second-order valence-electron chi connectivity index (χ2n) is 3.56. The summed E-state index contributed by atoms with van der Waals surface area (Å²) in [5, 5.41) is 9.39. The number of hydrogen-bond acceptors (Lipinski definition) is 3. The van der Waals surface area contributed by atoms with Crippen LogP contribution in [0.5, 0.6) is 5.75 Å². The van der Waals surface area contributed by atoms with Gasteiger partial charge in [-0.05, 0) is 12.1 Å². The number of ether oxygens (including phenoxy) is 1. The van der Waals surface area contributed by atoms with E-state index in [2.05, 4.69) is 4.98 Å². The highest BCUT2D eigenvalue weighted by Crippen LogP contribution is 2.33. The van der Waals surface area contributed by atoms with Crippen molar-refractivity contribution in [2.75, 3.05) is 7.11 Å². The highest BCUT2D eigenvalue weighted by atomic mass is 35.5. The van der Waals surface area contributed by atoms with E-state index in [9.17, 15) is 4.79 Å². The molecule has 92 valence electrons. The summed E-state index contributed by atoms with van der Waals surface area (Å²) >= 11 is 5.82. The quantitative estimate of drug-likeness (QED) is 0.865. The van der Waals surface area contributed by atoms with Crippen molar-refractivity contribution in [3.8, 4) is 16.9 Å². The van der Waals surface area contributed by atoms with Crippen LogP contribution in [0.1, 0.15) is 10.4 Å². The van der Waals surface area contributed by atoms with Gasteiger partial charge >= 0.3 is 5.97 Å². The van der Waals surface area contributed by atoms with E-state index in [0.29, 0.717) is 16.9 Å². The zero-order valence-corrected chi connectivity index (χ0v) is 10.3. The maximum atomic E-state index is 11.2. The van der Waals surface area contributed by atoms with E-state index in [-0.39, 0.29) is 10.7 Å². The lowest BCUT2D eigenvalue weighted by molar-refractivity contribution is 0.0697. The number of nitrogens with zero attached hydrogens (tertiary/aromatic N) is 1. The van der Waals surface area contributed by atoms with Gasteiger partial charge in [0.15, 0.2) is 0 Å². The van der Waals surface area contributed by atoms with Crippen molar-refractivity contribution in [2.24, 2.45) is 0 Å². The molecule has 0 fully saturated rings. The van der Waals surface area contributed by atoms with E-state index in [0.717, 1.165) is 0 Å². The Kier molecular flexibility index (Phi) is 3.48. The standard InChI is InChI=1S/C13H10ClNO3/c1-18-11-5-3-2-4-8(11)9-6-12(14)15-7-10(9)13(16)17/h2-7H,1H3,(H,16,17). The van der Waals surface area contributed by atoms with E-state index in [1.165, 1.54) is 19.4 Å². The van der Waals surface area contributed by atoms with Gasteiger partial charge in [-0.25, -0.2) is 9.78 Å². The van der Waals surface area contributed by atoms with Crippen LogP contribution >= 0.6 is 11.6 Å². The molecule has 0 aliphatic carbocycles. The number of aromatic carboxylic acids is 1. The molecule has 0 amide bonds. The molecular weight excluding hydrogens is 254 g/mol. The predicted molar refractivity (Wildman–Crippen MR) is 68.2 cm³/mol. The van der Waals surface area contributed by atoms with Crippen LogP contribution in [0.15, 0.2) is 36.5 Å². The van der Waals surface area contributed by atoms with Crippen LogP contribution in [0.2, 0.25) is 5.15 Å². The number of hydrogen-bond donors (Lipinski definition) is 1. The summed E-state index contributed by atoms with van der Waals surface area (Å²) in [6, 6.07) is 8.67. The summed E-state index contributed by atoms with van der Waals surface area (Å²) in [6.07, 6.45) is 1.24. The lowest BCUT2D eigenvalue weighted by atomic mass is 10.0. The third kappa shape index (κ3) is 2.28. The lowest BCUT2D eigenvalue weighted by Crippen LogP contribution is -2.01. The summed E-state index contributed by atoms with van der Waals surface area (Å²) < 4.78 is 5.22. The molecule has 0 spiro atoms. The Balaban J connectivity index is 2.69. The number of benzene rings is 1. The number of halogens is 1. The van der Waals surface area contributed by atoms with Crippen molar-refractivity contribution in [3.05, 3.63) is 47.2 Å². The highest BCUT2D eigenvalue weighted by Gasteiger charge is 2.15. The van der Waals surface area contributed by atoms with Crippen LogP contribution in [-0.4, -0.2) is 23.2 Å². The molecule has 0 atom stereocenters. The number of carboxylic acids is 1. The second kappa shape index (κ2) is 5.06. The molecule has 1 N–H and O–H groups in total. The van der Waals surface area contributed by atoms with Gasteiger partial charge in [0.25, 0.3) is 0 Å². The van der Waals surface area contributed by atoms with E-state index >= 15 is 0 Å². The van der Waals surface area contributed by atoms with Gasteiger partial charge in [-0.3, -0.25) is 0 Å². The maximum absolute atomic E-state index is 11.2. The molecule has 0 radical (unpaired) electrons. The number of aromatic nitrogens is 1. The first-order valence-electron chi connectivity index (χ1n) is 5.15. The lowest BCUT2D eigenvalue weighted by Gasteiger charge is -2.10. The molecule has 0 aliphatic heterocycles. The number of pyridine rings is 1. The fourth-order valence-corrected chi connectivity index (χ4v) is 1.85. The highest BCUT2D eigenvalue weighted by molar-refractivity contribution is 6.29. The Hall–Kier alpha value is -2.07. The fraction of sp³-hybridized carbons (Fsp3) is 0.0769. The van der Waals surface area contributed by atoms with Crippen molar-refractivity contribution in [1.29, 1.82) is 0 Å². The van der Waals surface area contributed by atoms with Crippen molar-refractivity contribution in [1.82, 2.24) is 4.98 Å². The van der Waals surface area contributed by atoms with Crippen LogP contribution in [0.25, 0.3) is 11.1 Å². The summed E-state index contributed by atoms with van der Waals surface area (Å²) in [4.78, 5) is 15.0. The Morgan fingerprint density at radius 3 is 2.72 bits per heavy atom. The summed E-state index contributed by atoms with van der Waals surface area (Å²) in [5.74, 6) is -0.470. The van der Waals surface area contributed by atoms with Gasteiger partial charge in [0.05, 0.1) is 12.7 Å². The van der Waals surface area contributed by atoms with Gasteiger partial charge in [0, 0.05) is 17.3 Å². The predicted octanol–water partition coefficient (Wildman–Crippen LogP) is 3.11. The summed E-state index contributed by atoms with van der Waals surface area (Å²) in [7, 11) is 1.53. The molecule has 1 aromatic carbocycles. The first-order valence-corrected chi connectivity index (χ1v) is 5.53. The third-order valence-electron chi connectivity index (χ3n) is 2.50. The Bertz CT molecular complexity index is 599. The fourth-order valence-electron chi connectivity index (χ4n) is 1.69. The molecule has 0 bridgehead atoms. The SMILES string of the molecule is COc1ccccc1-c1cc(Cl)ncc1C(=O)O. The number of methoxy groups -OCH3 is 1. The van der Waals surface area contributed by atoms with Gasteiger partial charge < -0.3 is 9.84 Å². The average molecular weight is 264 g/mol. The van der Waals surface area contributed by atoms with Crippen LogP contribution < -0.4 is 4.74 Å². The number of para-hydroxylation sites is 1. The number of rotatable bonds is 3. The minimum Gasteiger partial charge on any atom is -0.496 e. The maximum Gasteiger partial charge on any atom is 0.337 e. The molecule has 1 aromatic heterocycles. The molecule has 18 heavy (non-hydrogen) atoms. The van der Waals surface area contributed by atoms with Gasteiger partial charge in [-0.2, -0.15) is 0 Å². The van der Waals surface area contributed by atoms with Gasteiger partial charge in [0.2, 0.25) is 0 Å². The van der Waals surface area contributed by atoms with Crippen LogP contribution in [0.4, 0.5) is 0 Å². The normalized spacial score (nSPS) is 10.1. The molecular formula is C13H10ClNO3. The molecule has 0 aliphatic rings. The minimum atomic E-state index is -1.06.